The molecule has 0 heterocycles. The Morgan fingerprint density at radius 2 is 1.79 bits per heavy atom. The van der Waals surface area contributed by atoms with Crippen molar-refractivity contribution in [2.24, 2.45) is 0 Å². The van der Waals surface area contributed by atoms with E-state index < -0.39 is 15.8 Å². The van der Waals surface area contributed by atoms with Gasteiger partial charge in [-0.3, -0.25) is 4.79 Å². The van der Waals surface area contributed by atoms with Gasteiger partial charge in [0, 0.05) is 17.6 Å². The van der Waals surface area contributed by atoms with Crippen LogP contribution in [0, 0.1) is 0 Å². The van der Waals surface area contributed by atoms with E-state index in [1.807, 2.05) is 0 Å². The second-order valence-corrected chi connectivity index (χ2v) is 7.48. The zero-order valence-electron chi connectivity index (χ0n) is 10.8. The highest BCUT2D eigenvalue weighted by Crippen LogP contribution is 2.21. The van der Waals surface area contributed by atoms with Crippen LogP contribution >= 0.6 is 11.8 Å². The predicted molar refractivity (Wildman–Crippen MR) is 76.4 cm³/mol. The van der Waals surface area contributed by atoms with Gasteiger partial charge in [-0.05, 0) is 42.9 Å². The number of hydrogen-bond donors (Lipinski definition) is 1. The SMILES string of the molecule is CS(=O)(=O)c1ccc(SCCCCCC(=O)O)cc1. The molecule has 0 fully saturated rings. The van der Waals surface area contributed by atoms with Crippen LogP contribution in [0.3, 0.4) is 0 Å². The number of aliphatic carboxylic acids is 1. The molecule has 0 atom stereocenters. The molecule has 0 aliphatic carbocycles. The number of benzene rings is 1. The normalized spacial score (nSPS) is 11.4. The van der Waals surface area contributed by atoms with E-state index in [0.29, 0.717) is 11.3 Å². The molecule has 0 saturated carbocycles. The van der Waals surface area contributed by atoms with Gasteiger partial charge in [-0.25, -0.2) is 8.42 Å². The molecule has 19 heavy (non-hydrogen) atoms. The number of carboxylic acids is 1. The second-order valence-electron chi connectivity index (χ2n) is 4.30. The Balaban J connectivity index is 2.29. The fourth-order valence-corrected chi connectivity index (χ4v) is 3.07. The average Bonchev–Trinajstić information content (AvgIpc) is 2.32. The first-order valence-corrected chi connectivity index (χ1v) is 8.92. The Hall–Kier alpha value is -1.01. The number of rotatable bonds is 8. The molecular weight excluding hydrogens is 284 g/mol. The van der Waals surface area contributed by atoms with Gasteiger partial charge in [0.25, 0.3) is 0 Å². The highest BCUT2D eigenvalue weighted by atomic mass is 32.2. The van der Waals surface area contributed by atoms with Crippen LogP contribution in [0.5, 0.6) is 0 Å². The maximum atomic E-state index is 11.3. The van der Waals surface area contributed by atoms with E-state index in [1.54, 1.807) is 36.0 Å². The van der Waals surface area contributed by atoms with Gasteiger partial charge in [0.05, 0.1) is 4.90 Å². The molecule has 1 aromatic rings. The number of sulfone groups is 1. The molecule has 106 valence electrons. The van der Waals surface area contributed by atoms with Crippen molar-refractivity contribution in [1.82, 2.24) is 0 Å². The second kappa shape index (κ2) is 7.55. The Morgan fingerprint density at radius 1 is 1.16 bits per heavy atom. The summed E-state index contributed by atoms with van der Waals surface area (Å²) in [7, 11) is -3.13. The van der Waals surface area contributed by atoms with E-state index in [0.717, 1.165) is 23.5 Å². The number of carbonyl (C=O) groups is 1. The summed E-state index contributed by atoms with van der Waals surface area (Å²) in [6.45, 7) is 0. The summed E-state index contributed by atoms with van der Waals surface area (Å²) in [6, 6.07) is 6.83. The molecule has 0 saturated heterocycles. The predicted octanol–water partition coefficient (Wildman–Crippen LogP) is 2.83. The maximum Gasteiger partial charge on any atom is 0.303 e. The fraction of sp³-hybridized carbons (Fsp3) is 0.462. The minimum atomic E-state index is -3.13. The van der Waals surface area contributed by atoms with Crippen molar-refractivity contribution in [2.75, 3.05) is 12.0 Å². The van der Waals surface area contributed by atoms with Crippen molar-refractivity contribution in [3.63, 3.8) is 0 Å². The number of thioether (sulfide) groups is 1. The maximum absolute atomic E-state index is 11.3. The minimum Gasteiger partial charge on any atom is -0.481 e. The third kappa shape index (κ3) is 6.63. The number of carboxylic acid groups (broad SMARTS) is 1. The lowest BCUT2D eigenvalue weighted by molar-refractivity contribution is -0.137. The lowest BCUT2D eigenvalue weighted by atomic mass is 10.2. The molecule has 0 bridgehead atoms. The lowest BCUT2D eigenvalue weighted by Crippen LogP contribution is -1.96. The number of hydrogen-bond acceptors (Lipinski definition) is 4. The van der Waals surface area contributed by atoms with E-state index in [-0.39, 0.29) is 6.42 Å². The monoisotopic (exact) mass is 302 g/mol. The van der Waals surface area contributed by atoms with E-state index in [9.17, 15) is 13.2 Å². The van der Waals surface area contributed by atoms with E-state index in [1.165, 1.54) is 6.26 Å². The van der Waals surface area contributed by atoms with Crippen LogP contribution in [0.1, 0.15) is 25.7 Å². The first-order chi connectivity index (χ1) is 8.89. The summed E-state index contributed by atoms with van der Waals surface area (Å²) in [5.74, 6) is 0.168. The topological polar surface area (TPSA) is 71.4 Å². The van der Waals surface area contributed by atoms with Gasteiger partial charge in [0.15, 0.2) is 9.84 Å². The van der Waals surface area contributed by atoms with Gasteiger partial charge < -0.3 is 5.11 Å². The zero-order chi connectivity index (χ0) is 14.3. The van der Waals surface area contributed by atoms with E-state index in [4.69, 9.17) is 5.11 Å². The van der Waals surface area contributed by atoms with Gasteiger partial charge in [0.1, 0.15) is 0 Å². The first-order valence-electron chi connectivity index (χ1n) is 6.04. The minimum absolute atomic E-state index is 0.230. The van der Waals surface area contributed by atoms with Crippen molar-refractivity contribution >= 4 is 27.6 Å². The molecule has 1 N–H and O–H groups in total. The molecule has 0 spiro atoms. The van der Waals surface area contributed by atoms with Crippen LogP contribution in [0.15, 0.2) is 34.1 Å². The van der Waals surface area contributed by atoms with E-state index >= 15 is 0 Å². The molecule has 0 unspecified atom stereocenters. The Kier molecular flexibility index (Phi) is 6.37. The van der Waals surface area contributed by atoms with Gasteiger partial charge in [-0.15, -0.1) is 11.8 Å². The Morgan fingerprint density at radius 3 is 2.32 bits per heavy atom. The summed E-state index contributed by atoms with van der Waals surface area (Å²) in [5.41, 5.74) is 0. The molecule has 0 amide bonds. The summed E-state index contributed by atoms with van der Waals surface area (Å²) in [4.78, 5) is 11.7. The van der Waals surface area contributed by atoms with Gasteiger partial charge in [-0.2, -0.15) is 0 Å². The largest absolute Gasteiger partial charge is 0.481 e. The van der Waals surface area contributed by atoms with Crippen LogP contribution in [-0.2, 0) is 14.6 Å². The summed E-state index contributed by atoms with van der Waals surface area (Å²) in [5, 5.41) is 8.49. The summed E-state index contributed by atoms with van der Waals surface area (Å²) < 4.78 is 22.6. The standard InChI is InChI=1S/C13H18O4S2/c1-19(16,17)12-8-6-11(7-9-12)18-10-4-2-3-5-13(14)15/h6-9H,2-5,10H2,1H3,(H,14,15). The summed E-state index contributed by atoms with van der Waals surface area (Å²) >= 11 is 1.66. The van der Waals surface area contributed by atoms with Crippen molar-refractivity contribution in [3.05, 3.63) is 24.3 Å². The van der Waals surface area contributed by atoms with Gasteiger partial charge in [0.2, 0.25) is 0 Å². The Bertz CT molecular complexity index is 506. The smallest absolute Gasteiger partial charge is 0.303 e. The van der Waals surface area contributed by atoms with Crippen LogP contribution < -0.4 is 0 Å². The highest BCUT2D eigenvalue weighted by Gasteiger charge is 2.06. The molecule has 0 aliphatic rings. The molecule has 1 aromatic carbocycles. The van der Waals surface area contributed by atoms with Gasteiger partial charge in [-0.1, -0.05) is 6.42 Å². The fourth-order valence-electron chi connectivity index (χ4n) is 1.53. The molecule has 4 nitrogen and oxygen atoms in total. The van der Waals surface area contributed by atoms with Crippen LogP contribution in [0.4, 0.5) is 0 Å². The van der Waals surface area contributed by atoms with Crippen molar-refractivity contribution < 1.29 is 18.3 Å². The molecule has 6 heteroatoms. The molecule has 1 rings (SSSR count). The summed E-state index contributed by atoms with van der Waals surface area (Å²) in [6.07, 6.45) is 4.00. The molecule has 0 aliphatic heterocycles. The third-order valence-electron chi connectivity index (χ3n) is 2.56. The van der Waals surface area contributed by atoms with Gasteiger partial charge >= 0.3 is 5.97 Å². The van der Waals surface area contributed by atoms with Crippen molar-refractivity contribution in [1.29, 1.82) is 0 Å². The van der Waals surface area contributed by atoms with E-state index in [2.05, 4.69) is 0 Å². The van der Waals surface area contributed by atoms with Crippen molar-refractivity contribution in [2.45, 2.75) is 35.5 Å². The highest BCUT2D eigenvalue weighted by molar-refractivity contribution is 7.99. The molecule has 0 aromatic heterocycles. The van der Waals surface area contributed by atoms with Crippen molar-refractivity contribution in [3.8, 4) is 0 Å². The Labute approximate surface area is 118 Å². The zero-order valence-corrected chi connectivity index (χ0v) is 12.5. The first kappa shape index (κ1) is 16.0. The quantitative estimate of drug-likeness (QED) is 0.590. The number of unbranched alkanes of at least 4 members (excludes halogenated alkanes) is 2. The van der Waals surface area contributed by atoms with Crippen LogP contribution in [0.2, 0.25) is 0 Å². The average molecular weight is 302 g/mol. The van der Waals surface area contributed by atoms with Crippen LogP contribution in [0.25, 0.3) is 0 Å². The van der Waals surface area contributed by atoms with Crippen LogP contribution in [-0.4, -0.2) is 31.5 Å². The molecular formula is C13H18O4S2. The third-order valence-corrected chi connectivity index (χ3v) is 4.78. The molecule has 0 radical (unpaired) electrons. The lowest BCUT2D eigenvalue weighted by Gasteiger charge is -2.03.